The highest BCUT2D eigenvalue weighted by Crippen LogP contribution is 2.29. The molecule has 30 heavy (non-hydrogen) atoms. The third kappa shape index (κ3) is 3.95. The predicted molar refractivity (Wildman–Crippen MR) is 103 cm³/mol. The zero-order chi connectivity index (χ0) is 21.3. The van der Waals surface area contributed by atoms with Crippen LogP contribution in [-0.2, 0) is 4.74 Å². The number of aryl methyl sites for hydroxylation is 1. The van der Waals surface area contributed by atoms with Crippen LogP contribution >= 0.6 is 0 Å². The summed E-state index contributed by atoms with van der Waals surface area (Å²) in [6.45, 7) is 2.76. The molecule has 0 unspecified atom stereocenters. The van der Waals surface area contributed by atoms with E-state index in [0.717, 1.165) is 6.07 Å². The molecule has 1 aliphatic heterocycles. The van der Waals surface area contributed by atoms with Gasteiger partial charge < -0.3 is 14.1 Å². The Kier molecular flexibility index (Phi) is 5.58. The van der Waals surface area contributed by atoms with Gasteiger partial charge in [0.1, 0.15) is 5.82 Å². The third-order valence-corrected chi connectivity index (χ3v) is 4.94. The van der Waals surface area contributed by atoms with E-state index in [9.17, 15) is 18.0 Å². The molecule has 1 aromatic carbocycles. The van der Waals surface area contributed by atoms with Crippen LogP contribution in [0.3, 0.4) is 0 Å². The van der Waals surface area contributed by atoms with Crippen LogP contribution in [0.25, 0.3) is 10.9 Å². The molecule has 3 aromatic rings. The number of nitrogens with zero attached hydrogens (tertiary/aromatic N) is 3. The molecule has 4 rings (SSSR count). The molecular formula is C20H19F3N4O3. The zero-order valence-electron chi connectivity index (χ0n) is 16.1. The third-order valence-electron chi connectivity index (χ3n) is 4.94. The summed E-state index contributed by atoms with van der Waals surface area (Å²) in [4.78, 5) is 26.3. The Morgan fingerprint density at radius 2 is 2.03 bits per heavy atom. The van der Waals surface area contributed by atoms with Crippen LogP contribution in [0, 0.1) is 12.7 Å². The van der Waals surface area contributed by atoms with Gasteiger partial charge in [-0.2, -0.15) is 0 Å². The molecule has 1 aliphatic rings. The molecule has 0 saturated carbocycles. The number of pyridine rings is 1. The number of hydrogen-bond acceptors (Lipinski definition) is 6. The topological polar surface area (TPSA) is 78.3 Å². The minimum absolute atomic E-state index is 0.0223. The maximum Gasteiger partial charge on any atom is 0.266 e. The van der Waals surface area contributed by atoms with Gasteiger partial charge in [0.15, 0.2) is 17.4 Å². The first-order valence-corrected chi connectivity index (χ1v) is 9.41. The number of nitrogens with one attached hydrogen (secondary N) is 1. The summed E-state index contributed by atoms with van der Waals surface area (Å²) in [5.74, 6) is -0.997. The molecule has 0 spiro atoms. The Balaban J connectivity index is 1.70. The zero-order valence-corrected chi connectivity index (χ0v) is 16.1. The van der Waals surface area contributed by atoms with Gasteiger partial charge in [0.05, 0.1) is 16.5 Å². The average Bonchev–Trinajstić information content (AvgIpc) is 2.72. The summed E-state index contributed by atoms with van der Waals surface area (Å²) in [7, 11) is 0. The standard InChI is InChI=1S/C20H19F3N4O3/c1-11-24-15-9-17(28)27(12-5-7-29-8-6-12)10-14(15)20(25-11)26-30-16-4-2-3-13(18(16)21)19(22)23/h2-4,9-10,12,19H,5-8H2,1H3,(H,24,25,26). The largest absolute Gasteiger partial charge is 0.381 e. The molecule has 2 aromatic heterocycles. The monoisotopic (exact) mass is 420 g/mol. The van der Waals surface area contributed by atoms with Gasteiger partial charge in [-0.1, -0.05) is 12.1 Å². The van der Waals surface area contributed by atoms with Gasteiger partial charge in [-0.15, -0.1) is 0 Å². The smallest absolute Gasteiger partial charge is 0.266 e. The van der Waals surface area contributed by atoms with Crippen LogP contribution in [0.4, 0.5) is 19.0 Å². The Hall–Kier alpha value is -3.14. The number of aromatic nitrogens is 3. The second kappa shape index (κ2) is 8.31. The van der Waals surface area contributed by atoms with Crippen molar-refractivity contribution in [3.63, 3.8) is 0 Å². The van der Waals surface area contributed by atoms with E-state index in [4.69, 9.17) is 9.57 Å². The van der Waals surface area contributed by atoms with E-state index >= 15 is 0 Å². The Labute approximate surface area is 169 Å². The van der Waals surface area contributed by atoms with Crippen molar-refractivity contribution in [3.05, 3.63) is 58.0 Å². The first-order valence-electron chi connectivity index (χ1n) is 9.41. The molecule has 1 fully saturated rings. The molecule has 0 amide bonds. The van der Waals surface area contributed by atoms with Gasteiger partial charge >= 0.3 is 0 Å². The van der Waals surface area contributed by atoms with Gasteiger partial charge in [-0.25, -0.2) is 28.6 Å². The van der Waals surface area contributed by atoms with Crippen LogP contribution in [0.5, 0.6) is 5.75 Å². The van der Waals surface area contributed by atoms with Gasteiger partial charge in [-0.05, 0) is 25.8 Å². The van der Waals surface area contributed by atoms with E-state index in [2.05, 4.69) is 15.4 Å². The number of benzene rings is 1. The van der Waals surface area contributed by atoms with Crippen molar-refractivity contribution >= 4 is 16.7 Å². The summed E-state index contributed by atoms with van der Waals surface area (Å²) in [6, 6.07) is 4.87. The SMILES string of the molecule is Cc1nc(NOc2cccc(C(F)F)c2F)c2cn(C3CCOCC3)c(=O)cc2n1. The molecule has 0 radical (unpaired) electrons. The molecule has 158 valence electrons. The summed E-state index contributed by atoms with van der Waals surface area (Å²) >= 11 is 0. The van der Waals surface area contributed by atoms with Gasteiger partial charge in [0.2, 0.25) is 0 Å². The van der Waals surface area contributed by atoms with Crippen LogP contribution < -0.4 is 15.9 Å². The molecule has 0 atom stereocenters. The van der Waals surface area contributed by atoms with Crippen LogP contribution in [0.15, 0.2) is 35.3 Å². The molecule has 0 bridgehead atoms. The average molecular weight is 420 g/mol. The lowest BCUT2D eigenvalue weighted by atomic mass is 10.1. The number of fused-ring (bicyclic) bond motifs is 1. The Bertz CT molecular complexity index is 1130. The predicted octanol–water partition coefficient (Wildman–Crippen LogP) is 3.93. The lowest BCUT2D eigenvalue weighted by Crippen LogP contribution is -2.28. The van der Waals surface area contributed by atoms with Gasteiger partial charge in [-0.3, -0.25) is 4.79 Å². The van der Waals surface area contributed by atoms with Crippen molar-refractivity contribution in [2.75, 3.05) is 18.7 Å². The summed E-state index contributed by atoms with van der Waals surface area (Å²) in [6.07, 6.45) is 0.0566. The molecule has 7 nitrogen and oxygen atoms in total. The highest BCUT2D eigenvalue weighted by atomic mass is 19.3. The maximum absolute atomic E-state index is 14.2. The maximum atomic E-state index is 14.2. The van der Waals surface area contributed by atoms with Crippen LogP contribution in [0.1, 0.15) is 36.7 Å². The van der Waals surface area contributed by atoms with E-state index in [1.807, 2.05) is 0 Å². The van der Waals surface area contributed by atoms with Gasteiger partial charge in [0, 0.05) is 31.5 Å². The van der Waals surface area contributed by atoms with Crippen molar-refractivity contribution in [1.29, 1.82) is 0 Å². The van der Waals surface area contributed by atoms with Crippen molar-refractivity contribution in [1.82, 2.24) is 14.5 Å². The van der Waals surface area contributed by atoms with E-state index in [1.54, 1.807) is 17.7 Å². The molecule has 3 heterocycles. The minimum Gasteiger partial charge on any atom is -0.381 e. The normalized spacial score (nSPS) is 15.0. The second-order valence-corrected chi connectivity index (χ2v) is 6.95. The molecule has 10 heteroatoms. The van der Waals surface area contributed by atoms with Crippen LogP contribution in [-0.4, -0.2) is 27.7 Å². The van der Waals surface area contributed by atoms with Crippen molar-refractivity contribution in [2.45, 2.75) is 32.2 Å². The lowest BCUT2D eigenvalue weighted by Gasteiger charge is -2.24. The number of anilines is 1. The summed E-state index contributed by atoms with van der Waals surface area (Å²) in [5, 5.41) is 0.483. The summed E-state index contributed by atoms with van der Waals surface area (Å²) in [5.41, 5.74) is 1.96. The Morgan fingerprint density at radius 3 is 2.77 bits per heavy atom. The summed E-state index contributed by atoms with van der Waals surface area (Å²) < 4.78 is 47.0. The number of hydrogen-bond donors (Lipinski definition) is 1. The fourth-order valence-electron chi connectivity index (χ4n) is 3.44. The fourth-order valence-corrected chi connectivity index (χ4v) is 3.44. The van der Waals surface area contributed by atoms with E-state index < -0.39 is 23.6 Å². The highest BCUT2D eigenvalue weighted by molar-refractivity contribution is 5.88. The molecule has 0 aliphatic carbocycles. The molecular weight excluding hydrogens is 401 g/mol. The van der Waals surface area contributed by atoms with E-state index in [1.165, 1.54) is 18.2 Å². The van der Waals surface area contributed by atoms with Crippen molar-refractivity contribution < 1.29 is 22.7 Å². The van der Waals surface area contributed by atoms with E-state index in [0.29, 0.717) is 42.8 Å². The van der Waals surface area contributed by atoms with Crippen molar-refractivity contribution in [2.24, 2.45) is 0 Å². The fraction of sp³-hybridized carbons (Fsp3) is 0.350. The molecule has 1 N–H and O–H groups in total. The lowest BCUT2D eigenvalue weighted by molar-refractivity contribution is 0.0688. The van der Waals surface area contributed by atoms with Gasteiger partial charge in [0.25, 0.3) is 12.0 Å². The first-order chi connectivity index (χ1) is 14.4. The number of halogens is 3. The highest BCUT2D eigenvalue weighted by Gasteiger charge is 2.20. The van der Waals surface area contributed by atoms with E-state index in [-0.39, 0.29) is 17.4 Å². The number of rotatable bonds is 5. The Morgan fingerprint density at radius 1 is 1.27 bits per heavy atom. The minimum atomic E-state index is -2.97. The van der Waals surface area contributed by atoms with Crippen LogP contribution in [0.2, 0.25) is 0 Å². The quantitative estimate of drug-likeness (QED) is 0.630. The number of ether oxygens (including phenoxy) is 1. The molecule has 1 saturated heterocycles. The second-order valence-electron chi connectivity index (χ2n) is 6.95. The van der Waals surface area contributed by atoms with Crippen molar-refractivity contribution in [3.8, 4) is 5.75 Å². The first kappa shape index (κ1) is 20.1. The number of alkyl halides is 2.